The van der Waals surface area contributed by atoms with Gasteiger partial charge in [0.1, 0.15) is 0 Å². The van der Waals surface area contributed by atoms with Crippen molar-refractivity contribution in [2.45, 2.75) is 20.3 Å². The first-order valence-corrected chi connectivity index (χ1v) is 8.54. The van der Waals surface area contributed by atoms with Crippen LogP contribution in [0.4, 0.5) is 0 Å². The number of benzene rings is 2. The molecule has 1 saturated carbocycles. The van der Waals surface area contributed by atoms with Crippen LogP contribution in [-0.4, -0.2) is 4.98 Å². The average molecular weight is 354 g/mol. The quantitative estimate of drug-likeness (QED) is 0.498. The molecule has 3 aromatic rings. The van der Waals surface area contributed by atoms with E-state index in [9.17, 15) is 0 Å². The van der Waals surface area contributed by atoms with E-state index in [-0.39, 0.29) is 0 Å². The summed E-state index contributed by atoms with van der Waals surface area (Å²) in [6, 6.07) is 18.6. The molecule has 1 aliphatic carbocycles. The van der Waals surface area contributed by atoms with Gasteiger partial charge in [0.25, 0.3) is 0 Å². The topological polar surface area (TPSA) is 12.9 Å². The average Bonchev–Trinajstić information content (AvgIpc) is 3.20. The Bertz CT molecular complexity index is 770. The van der Waals surface area contributed by atoms with Crippen LogP contribution < -0.4 is 0 Å². The third-order valence-corrected chi connectivity index (χ3v) is 4.78. The molecule has 0 amide bonds. The summed E-state index contributed by atoms with van der Waals surface area (Å²) in [6.45, 7) is 4.59. The highest BCUT2D eigenvalue weighted by Crippen LogP contribution is 2.36. The lowest BCUT2D eigenvalue weighted by molar-refractivity contribution is 0.834. The van der Waals surface area contributed by atoms with E-state index in [0.717, 1.165) is 27.6 Å². The van der Waals surface area contributed by atoms with E-state index in [1.54, 1.807) is 0 Å². The highest BCUT2D eigenvalue weighted by Gasteiger charge is 2.26. The molecule has 1 aromatic heterocycles. The number of aromatic nitrogens is 1. The molecule has 0 radical (unpaired) electrons. The van der Waals surface area contributed by atoms with Gasteiger partial charge < -0.3 is 0 Å². The zero-order valence-electron chi connectivity index (χ0n) is 13.0. The standard InChI is InChI=1S/C15H10BrN.C5H10/c16-13-6-3-5-12(10-13)15-14-7-2-1-4-11(14)8-9-17-15;1-4-3-5(4)2/h1-10H;4-5H,3H2,1-2H3. The normalized spacial score (nSPS) is 19.4. The van der Waals surface area contributed by atoms with Gasteiger partial charge in [0, 0.05) is 21.6 Å². The molecule has 0 saturated heterocycles. The van der Waals surface area contributed by atoms with Gasteiger partial charge in [-0.25, -0.2) is 0 Å². The number of rotatable bonds is 1. The van der Waals surface area contributed by atoms with Gasteiger partial charge in [-0.05, 0) is 41.8 Å². The van der Waals surface area contributed by atoms with Crippen molar-refractivity contribution < 1.29 is 0 Å². The molecule has 0 bridgehead atoms. The van der Waals surface area contributed by atoms with Crippen LogP contribution in [0.1, 0.15) is 20.3 Å². The predicted octanol–water partition coefficient (Wildman–Crippen LogP) is 6.33. The summed E-state index contributed by atoms with van der Waals surface area (Å²) in [5, 5.41) is 2.41. The lowest BCUT2D eigenvalue weighted by Gasteiger charge is -2.05. The van der Waals surface area contributed by atoms with Crippen LogP contribution >= 0.6 is 15.9 Å². The summed E-state index contributed by atoms with van der Waals surface area (Å²) in [5.41, 5.74) is 2.17. The van der Waals surface area contributed by atoms with Gasteiger partial charge >= 0.3 is 0 Å². The van der Waals surface area contributed by atoms with Gasteiger partial charge in [-0.15, -0.1) is 0 Å². The van der Waals surface area contributed by atoms with E-state index < -0.39 is 0 Å². The number of halogens is 1. The fourth-order valence-electron chi connectivity index (χ4n) is 2.49. The summed E-state index contributed by atoms with van der Waals surface area (Å²) in [7, 11) is 0. The minimum atomic E-state index is 1.03. The monoisotopic (exact) mass is 353 g/mol. The molecule has 2 unspecified atom stereocenters. The van der Waals surface area contributed by atoms with Gasteiger partial charge in [-0.1, -0.05) is 66.2 Å². The molecular weight excluding hydrogens is 334 g/mol. The molecule has 1 aliphatic rings. The summed E-state index contributed by atoms with van der Waals surface area (Å²) in [4.78, 5) is 4.50. The Labute approximate surface area is 140 Å². The van der Waals surface area contributed by atoms with Crippen molar-refractivity contribution >= 4 is 26.7 Å². The van der Waals surface area contributed by atoms with Crippen molar-refractivity contribution in [3.8, 4) is 11.3 Å². The molecule has 1 heterocycles. The predicted molar refractivity (Wildman–Crippen MR) is 97.8 cm³/mol. The molecule has 4 rings (SSSR count). The summed E-state index contributed by atoms with van der Waals surface area (Å²) in [5.74, 6) is 2.10. The van der Waals surface area contributed by atoms with Crippen LogP contribution in [0, 0.1) is 11.8 Å². The van der Waals surface area contributed by atoms with Crippen LogP contribution in [0.3, 0.4) is 0 Å². The van der Waals surface area contributed by atoms with E-state index in [4.69, 9.17) is 0 Å². The lowest BCUT2D eigenvalue weighted by atomic mass is 10.0. The number of fused-ring (bicyclic) bond motifs is 1. The molecule has 1 nitrogen and oxygen atoms in total. The maximum Gasteiger partial charge on any atom is 0.0780 e. The molecule has 2 heteroatoms. The Morgan fingerprint density at radius 1 is 0.955 bits per heavy atom. The number of hydrogen-bond acceptors (Lipinski definition) is 1. The highest BCUT2D eigenvalue weighted by atomic mass is 79.9. The number of hydrogen-bond donors (Lipinski definition) is 0. The molecule has 112 valence electrons. The highest BCUT2D eigenvalue weighted by molar-refractivity contribution is 9.10. The third kappa shape index (κ3) is 3.56. The van der Waals surface area contributed by atoms with Gasteiger partial charge in [0.05, 0.1) is 5.69 Å². The smallest absolute Gasteiger partial charge is 0.0780 e. The maximum absolute atomic E-state index is 4.50. The van der Waals surface area contributed by atoms with Gasteiger partial charge in [0.15, 0.2) is 0 Å². The summed E-state index contributed by atoms with van der Waals surface area (Å²) >= 11 is 3.50. The van der Waals surface area contributed by atoms with E-state index in [1.807, 2.05) is 36.5 Å². The first kappa shape index (κ1) is 15.2. The van der Waals surface area contributed by atoms with Crippen molar-refractivity contribution in [2.75, 3.05) is 0 Å². The van der Waals surface area contributed by atoms with E-state index in [0.29, 0.717) is 0 Å². The SMILES string of the molecule is Brc1cccc(-c2nccc3ccccc23)c1.CC1CC1C. The van der Waals surface area contributed by atoms with E-state index >= 15 is 0 Å². The van der Waals surface area contributed by atoms with Crippen molar-refractivity contribution in [3.63, 3.8) is 0 Å². The van der Waals surface area contributed by atoms with Crippen molar-refractivity contribution in [2.24, 2.45) is 11.8 Å². The van der Waals surface area contributed by atoms with Crippen molar-refractivity contribution in [1.29, 1.82) is 0 Å². The van der Waals surface area contributed by atoms with Crippen LogP contribution in [0.25, 0.3) is 22.0 Å². The molecule has 0 aliphatic heterocycles. The second kappa shape index (κ2) is 6.62. The second-order valence-corrected chi connectivity index (χ2v) is 7.00. The number of pyridine rings is 1. The minimum absolute atomic E-state index is 1.03. The van der Waals surface area contributed by atoms with Crippen LogP contribution in [-0.2, 0) is 0 Å². The molecule has 1 fully saturated rings. The van der Waals surface area contributed by atoms with Crippen LogP contribution in [0.2, 0.25) is 0 Å². The molecule has 2 atom stereocenters. The fourth-order valence-corrected chi connectivity index (χ4v) is 2.89. The zero-order valence-corrected chi connectivity index (χ0v) is 14.5. The zero-order chi connectivity index (χ0) is 15.5. The Balaban J connectivity index is 0.000000246. The molecule has 22 heavy (non-hydrogen) atoms. The minimum Gasteiger partial charge on any atom is -0.256 e. The number of nitrogens with zero attached hydrogens (tertiary/aromatic N) is 1. The third-order valence-electron chi connectivity index (χ3n) is 4.28. The maximum atomic E-state index is 4.50. The summed E-state index contributed by atoms with van der Waals surface area (Å²) < 4.78 is 1.07. The van der Waals surface area contributed by atoms with Crippen molar-refractivity contribution in [1.82, 2.24) is 4.98 Å². The van der Waals surface area contributed by atoms with Crippen molar-refractivity contribution in [3.05, 3.63) is 65.3 Å². The fraction of sp³-hybridized carbons (Fsp3) is 0.250. The molecular formula is C20H20BrN. The summed E-state index contributed by atoms with van der Waals surface area (Å²) in [6.07, 6.45) is 3.33. The second-order valence-electron chi connectivity index (χ2n) is 6.08. The largest absolute Gasteiger partial charge is 0.256 e. The first-order chi connectivity index (χ1) is 10.6. The van der Waals surface area contributed by atoms with E-state index in [2.05, 4.69) is 59.0 Å². The Morgan fingerprint density at radius 3 is 2.36 bits per heavy atom. The van der Waals surface area contributed by atoms with Crippen LogP contribution in [0.5, 0.6) is 0 Å². The van der Waals surface area contributed by atoms with Gasteiger partial charge in [-0.2, -0.15) is 0 Å². The lowest BCUT2D eigenvalue weighted by Crippen LogP contribution is -1.85. The van der Waals surface area contributed by atoms with Gasteiger partial charge in [-0.3, -0.25) is 4.98 Å². The molecule has 0 spiro atoms. The van der Waals surface area contributed by atoms with E-state index in [1.165, 1.54) is 17.2 Å². The Hall–Kier alpha value is -1.67. The Morgan fingerprint density at radius 2 is 1.68 bits per heavy atom. The first-order valence-electron chi connectivity index (χ1n) is 7.75. The van der Waals surface area contributed by atoms with Crippen LogP contribution in [0.15, 0.2) is 65.3 Å². The molecule has 0 N–H and O–H groups in total. The molecule has 2 aromatic carbocycles. The van der Waals surface area contributed by atoms with Gasteiger partial charge in [0.2, 0.25) is 0 Å². The Kier molecular flexibility index (Phi) is 4.58.